The minimum atomic E-state index is -0.382. The Kier molecular flexibility index (Phi) is 5.89. The molecule has 0 aliphatic heterocycles. The zero-order valence-corrected chi connectivity index (χ0v) is 12.5. The number of allylic oxidation sites excluding steroid dienone is 3. The molecule has 0 aliphatic carbocycles. The summed E-state index contributed by atoms with van der Waals surface area (Å²) in [6.07, 6.45) is 7.38. The highest BCUT2D eigenvalue weighted by atomic mass is 19.1. The molecule has 0 bridgehead atoms. The molecule has 2 aromatic carbocycles. The van der Waals surface area contributed by atoms with Crippen molar-refractivity contribution in [3.05, 3.63) is 102 Å². The molecule has 0 saturated carbocycles. The molecule has 1 amide bonds. The van der Waals surface area contributed by atoms with E-state index in [4.69, 9.17) is 0 Å². The lowest BCUT2D eigenvalue weighted by atomic mass is 10.2. The van der Waals surface area contributed by atoms with Crippen molar-refractivity contribution in [3.63, 3.8) is 0 Å². The van der Waals surface area contributed by atoms with Gasteiger partial charge in [-0.25, -0.2) is 4.39 Å². The van der Waals surface area contributed by atoms with Crippen molar-refractivity contribution in [2.75, 3.05) is 0 Å². The van der Waals surface area contributed by atoms with E-state index in [2.05, 4.69) is 17.4 Å². The van der Waals surface area contributed by atoms with Gasteiger partial charge in [-0.3, -0.25) is 15.6 Å². The van der Waals surface area contributed by atoms with Gasteiger partial charge in [0.05, 0.1) is 0 Å². The van der Waals surface area contributed by atoms with Gasteiger partial charge in [0, 0.05) is 11.3 Å². The topological polar surface area (TPSA) is 41.1 Å². The normalized spacial score (nSPS) is 10.8. The van der Waals surface area contributed by atoms with Gasteiger partial charge >= 0.3 is 0 Å². The summed E-state index contributed by atoms with van der Waals surface area (Å²) in [7, 11) is 0. The number of halogens is 1. The number of hydrogen-bond donors (Lipinski definition) is 2. The summed E-state index contributed by atoms with van der Waals surface area (Å²) in [6, 6.07) is 15.2. The molecule has 0 unspecified atom stereocenters. The molecule has 0 aromatic heterocycles. The maximum atomic E-state index is 12.8. The second-order valence-corrected chi connectivity index (χ2v) is 4.74. The average molecular weight is 308 g/mol. The Morgan fingerprint density at radius 1 is 0.957 bits per heavy atom. The number of rotatable bonds is 6. The van der Waals surface area contributed by atoms with Crippen molar-refractivity contribution in [1.29, 1.82) is 0 Å². The second kappa shape index (κ2) is 8.34. The Morgan fingerprint density at radius 3 is 2.35 bits per heavy atom. The Morgan fingerprint density at radius 2 is 1.65 bits per heavy atom. The summed E-state index contributed by atoms with van der Waals surface area (Å²) < 4.78 is 12.8. The number of benzene rings is 2. The quantitative estimate of drug-likeness (QED) is 0.629. The van der Waals surface area contributed by atoms with Crippen molar-refractivity contribution in [2.45, 2.75) is 0 Å². The summed E-state index contributed by atoms with van der Waals surface area (Å²) in [5.74, 6) is -0.744. The summed E-state index contributed by atoms with van der Waals surface area (Å²) in [6.45, 7) is 3.77. The number of hydrazine groups is 1. The van der Waals surface area contributed by atoms with E-state index in [-0.39, 0.29) is 11.7 Å². The van der Waals surface area contributed by atoms with Crippen molar-refractivity contribution in [3.8, 4) is 0 Å². The van der Waals surface area contributed by atoms with Crippen molar-refractivity contribution < 1.29 is 9.18 Å². The smallest absolute Gasteiger partial charge is 0.269 e. The number of nitrogens with one attached hydrogen (secondary N) is 2. The number of carbonyl (C=O) groups excluding carboxylic acids is 1. The third-order valence-electron chi connectivity index (χ3n) is 2.94. The maximum absolute atomic E-state index is 12.8. The van der Waals surface area contributed by atoms with Crippen LogP contribution in [0.3, 0.4) is 0 Å². The fourth-order valence-corrected chi connectivity index (χ4v) is 1.75. The lowest BCUT2D eigenvalue weighted by Gasteiger charge is -2.07. The predicted octanol–water partition coefficient (Wildman–Crippen LogP) is 3.84. The zero-order valence-electron chi connectivity index (χ0n) is 12.5. The number of amides is 1. The summed E-state index contributed by atoms with van der Waals surface area (Å²) in [5.41, 5.74) is 7.16. The summed E-state index contributed by atoms with van der Waals surface area (Å²) in [5, 5.41) is 0. The van der Waals surface area contributed by atoms with Crippen LogP contribution in [0.1, 0.15) is 15.9 Å². The Labute approximate surface area is 134 Å². The van der Waals surface area contributed by atoms with Crippen LogP contribution in [-0.4, -0.2) is 5.91 Å². The molecular formula is C19H17FN2O. The third-order valence-corrected chi connectivity index (χ3v) is 2.94. The molecule has 2 N–H and O–H groups in total. The number of hydrogen-bond acceptors (Lipinski definition) is 2. The SMILES string of the molecule is C=C(C=CC=Cc1ccccc1)NNC(=O)c1ccc(F)cc1. The highest BCUT2D eigenvalue weighted by Gasteiger charge is 2.04. The third kappa shape index (κ3) is 5.63. The van der Waals surface area contributed by atoms with Crippen LogP contribution in [0.25, 0.3) is 6.08 Å². The van der Waals surface area contributed by atoms with Crippen LogP contribution in [0.5, 0.6) is 0 Å². The van der Waals surface area contributed by atoms with Gasteiger partial charge < -0.3 is 0 Å². The minimum absolute atomic E-state index is 0.361. The molecule has 0 heterocycles. The van der Waals surface area contributed by atoms with Crippen molar-refractivity contribution in [1.82, 2.24) is 10.9 Å². The minimum Gasteiger partial charge on any atom is -0.299 e. The average Bonchev–Trinajstić information content (AvgIpc) is 2.58. The largest absolute Gasteiger partial charge is 0.299 e. The molecule has 23 heavy (non-hydrogen) atoms. The first-order chi connectivity index (χ1) is 11.1. The fraction of sp³-hybridized carbons (Fsp3) is 0. The van der Waals surface area contributed by atoms with Gasteiger partial charge in [0.25, 0.3) is 5.91 Å². The van der Waals surface area contributed by atoms with E-state index in [1.54, 1.807) is 6.08 Å². The first kappa shape index (κ1) is 16.2. The molecule has 0 spiro atoms. The van der Waals surface area contributed by atoms with Crippen LogP contribution in [0, 0.1) is 5.82 Å². The van der Waals surface area contributed by atoms with E-state index in [0.717, 1.165) is 5.56 Å². The molecule has 0 fully saturated rings. The first-order valence-electron chi connectivity index (χ1n) is 7.06. The van der Waals surface area contributed by atoms with Crippen LogP contribution in [0.2, 0.25) is 0 Å². The van der Waals surface area contributed by atoms with Gasteiger partial charge in [-0.2, -0.15) is 0 Å². The lowest BCUT2D eigenvalue weighted by Crippen LogP contribution is -2.35. The van der Waals surface area contributed by atoms with Gasteiger partial charge in [0.1, 0.15) is 5.82 Å². The molecular weight excluding hydrogens is 291 g/mol. The number of carbonyl (C=O) groups is 1. The summed E-state index contributed by atoms with van der Waals surface area (Å²) in [4.78, 5) is 11.8. The zero-order chi connectivity index (χ0) is 16.5. The van der Waals surface area contributed by atoms with Crippen LogP contribution in [-0.2, 0) is 0 Å². The van der Waals surface area contributed by atoms with E-state index in [9.17, 15) is 9.18 Å². The molecule has 3 nitrogen and oxygen atoms in total. The molecule has 0 aliphatic rings. The molecule has 0 radical (unpaired) electrons. The van der Waals surface area contributed by atoms with Gasteiger partial charge in [-0.15, -0.1) is 0 Å². The highest BCUT2D eigenvalue weighted by Crippen LogP contribution is 2.03. The Bertz CT molecular complexity index is 719. The molecule has 4 heteroatoms. The lowest BCUT2D eigenvalue weighted by molar-refractivity contribution is 0.0939. The van der Waals surface area contributed by atoms with Gasteiger partial charge in [-0.1, -0.05) is 55.1 Å². The standard InChI is InChI=1S/C19H17FN2O/c1-15(7-5-6-10-16-8-3-2-4-9-16)21-22-19(23)17-11-13-18(20)14-12-17/h2-14,21H,1H2,(H,22,23). The van der Waals surface area contributed by atoms with Gasteiger partial charge in [-0.05, 0) is 35.9 Å². The van der Waals surface area contributed by atoms with Crippen molar-refractivity contribution in [2.24, 2.45) is 0 Å². The van der Waals surface area contributed by atoms with E-state index in [0.29, 0.717) is 11.3 Å². The van der Waals surface area contributed by atoms with Crippen LogP contribution >= 0.6 is 0 Å². The van der Waals surface area contributed by atoms with Crippen LogP contribution in [0.4, 0.5) is 4.39 Å². The molecule has 2 aromatic rings. The predicted molar refractivity (Wildman–Crippen MR) is 90.8 cm³/mol. The maximum Gasteiger partial charge on any atom is 0.269 e. The van der Waals surface area contributed by atoms with Gasteiger partial charge in [0.15, 0.2) is 0 Å². The Balaban J connectivity index is 1.78. The molecule has 116 valence electrons. The van der Waals surface area contributed by atoms with E-state index < -0.39 is 0 Å². The van der Waals surface area contributed by atoms with E-state index in [1.165, 1.54) is 24.3 Å². The molecule has 2 rings (SSSR count). The van der Waals surface area contributed by atoms with E-state index in [1.807, 2.05) is 48.6 Å². The molecule has 0 atom stereocenters. The van der Waals surface area contributed by atoms with Crippen molar-refractivity contribution >= 4 is 12.0 Å². The Hall–Kier alpha value is -3.14. The van der Waals surface area contributed by atoms with Gasteiger partial charge in [0.2, 0.25) is 0 Å². The highest BCUT2D eigenvalue weighted by molar-refractivity contribution is 5.93. The molecule has 0 saturated heterocycles. The second-order valence-electron chi connectivity index (χ2n) is 4.74. The monoisotopic (exact) mass is 308 g/mol. The van der Waals surface area contributed by atoms with Crippen LogP contribution < -0.4 is 10.9 Å². The summed E-state index contributed by atoms with van der Waals surface area (Å²) >= 11 is 0. The fourth-order valence-electron chi connectivity index (χ4n) is 1.75. The van der Waals surface area contributed by atoms with E-state index >= 15 is 0 Å². The van der Waals surface area contributed by atoms with Crippen LogP contribution in [0.15, 0.2) is 85.1 Å². The first-order valence-corrected chi connectivity index (χ1v) is 7.06.